The summed E-state index contributed by atoms with van der Waals surface area (Å²) in [6.45, 7) is 1.86. The topological polar surface area (TPSA) is 9.23 Å². The summed E-state index contributed by atoms with van der Waals surface area (Å²) in [5.41, 5.74) is 0.0331. The largest absolute Gasteiger partial charge is 0.454 e. The third kappa shape index (κ3) is 3.38. The fourth-order valence-electron chi connectivity index (χ4n) is 1.62. The van der Waals surface area contributed by atoms with Gasteiger partial charge in [0.2, 0.25) is 0 Å². The highest BCUT2D eigenvalue weighted by molar-refractivity contribution is 6.37. The van der Waals surface area contributed by atoms with Gasteiger partial charge < -0.3 is 4.74 Å². The average molecular weight is 321 g/mol. The van der Waals surface area contributed by atoms with Gasteiger partial charge in [-0.1, -0.05) is 35.3 Å². The van der Waals surface area contributed by atoms with Gasteiger partial charge in [0, 0.05) is 0 Å². The van der Waals surface area contributed by atoms with Crippen molar-refractivity contribution in [2.45, 2.75) is 13.1 Å². The van der Waals surface area contributed by atoms with Gasteiger partial charge in [0.1, 0.15) is 5.75 Å². The van der Waals surface area contributed by atoms with Gasteiger partial charge in [-0.2, -0.15) is 13.2 Å². The van der Waals surface area contributed by atoms with E-state index in [2.05, 4.69) is 0 Å². The van der Waals surface area contributed by atoms with Crippen molar-refractivity contribution in [3.8, 4) is 11.5 Å². The molecule has 0 bridgehead atoms. The summed E-state index contributed by atoms with van der Waals surface area (Å²) in [5.74, 6) is 0.459. The van der Waals surface area contributed by atoms with E-state index >= 15 is 0 Å². The number of halogens is 5. The molecule has 0 aliphatic carbocycles. The van der Waals surface area contributed by atoms with Crippen molar-refractivity contribution in [1.82, 2.24) is 0 Å². The van der Waals surface area contributed by atoms with E-state index in [9.17, 15) is 13.2 Å². The minimum atomic E-state index is -4.50. The van der Waals surface area contributed by atoms with E-state index in [0.29, 0.717) is 5.75 Å². The van der Waals surface area contributed by atoms with E-state index < -0.39 is 11.7 Å². The van der Waals surface area contributed by atoms with Gasteiger partial charge in [0.05, 0.1) is 15.6 Å². The molecule has 0 atom stereocenters. The van der Waals surface area contributed by atoms with Crippen LogP contribution in [-0.4, -0.2) is 0 Å². The molecule has 0 spiro atoms. The van der Waals surface area contributed by atoms with Crippen LogP contribution in [-0.2, 0) is 6.18 Å². The molecule has 20 heavy (non-hydrogen) atoms. The molecule has 0 fully saturated rings. The number of alkyl halides is 3. The predicted molar refractivity (Wildman–Crippen MR) is 72.7 cm³/mol. The standard InChI is InChI=1S/C14H9Cl2F3O/c1-8-3-2-4-10(5-8)20-13-11(15)6-9(7-12(13)16)14(17,18)19/h2-7H,1H3. The number of hydrogen-bond donors (Lipinski definition) is 0. The molecule has 0 saturated heterocycles. The molecular weight excluding hydrogens is 312 g/mol. The minimum absolute atomic E-state index is 0.00642. The van der Waals surface area contributed by atoms with Crippen molar-refractivity contribution in [3.05, 3.63) is 57.6 Å². The number of ether oxygens (including phenoxy) is 1. The van der Waals surface area contributed by atoms with Crippen LogP contribution in [0.2, 0.25) is 10.0 Å². The highest BCUT2D eigenvalue weighted by Crippen LogP contribution is 2.41. The summed E-state index contributed by atoms with van der Waals surface area (Å²) in [4.78, 5) is 0. The number of aryl methyl sites for hydroxylation is 1. The Morgan fingerprint density at radius 1 is 1.00 bits per heavy atom. The van der Waals surface area contributed by atoms with Crippen LogP contribution in [0.1, 0.15) is 11.1 Å². The summed E-state index contributed by atoms with van der Waals surface area (Å²) < 4.78 is 43.3. The molecule has 0 heterocycles. The molecule has 2 rings (SSSR count). The van der Waals surface area contributed by atoms with Crippen molar-refractivity contribution < 1.29 is 17.9 Å². The van der Waals surface area contributed by atoms with Crippen molar-refractivity contribution in [2.75, 3.05) is 0 Å². The molecule has 2 aromatic rings. The van der Waals surface area contributed by atoms with Gasteiger partial charge in [0.15, 0.2) is 5.75 Å². The first-order valence-corrected chi connectivity index (χ1v) is 6.34. The Bertz CT molecular complexity index is 616. The second-order valence-corrected chi connectivity index (χ2v) is 5.00. The van der Waals surface area contributed by atoms with E-state index in [0.717, 1.165) is 17.7 Å². The minimum Gasteiger partial charge on any atom is -0.454 e. The summed E-state index contributed by atoms with van der Waals surface area (Å²) >= 11 is 11.6. The zero-order valence-electron chi connectivity index (χ0n) is 10.3. The molecular formula is C14H9Cl2F3O. The van der Waals surface area contributed by atoms with Crippen molar-refractivity contribution in [2.24, 2.45) is 0 Å². The fourth-order valence-corrected chi connectivity index (χ4v) is 2.18. The smallest absolute Gasteiger partial charge is 0.416 e. The Balaban J connectivity index is 2.38. The Labute approximate surface area is 123 Å². The Hall–Kier alpha value is -1.39. The van der Waals surface area contributed by atoms with Crippen LogP contribution in [0.5, 0.6) is 11.5 Å². The van der Waals surface area contributed by atoms with Crippen LogP contribution in [0, 0.1) is 6.92 Å². The molecule has 0 amide bonds. The first-order chi connectivity index (χ1) is 9.27. The number of rotatable bonds is 2. The molecule has 106 valence electrons. The zero-order chi connectivity index (χ0) is 14.9. The zero-order valence-corrected chi connectivity index (χ0v) is 11.8. The third-order valence-electron chi connectivity index (χ3n) is 2.54. The number of benzene rings is 2. The van der Waals surface area contributed by atoms with Gasteiger partial charge >= 0.3 is 6.18 Å². The van der Waals surface area contributed by atoms with E-state index in [1.165, 1.54) is 0 Å². The van der Waals surface area contributed by atoms with Crippen LogP contribution in [0.15, 0.2) is 36.4 Å². The average Bonchev–Trinajstić information content (AvgIpc) is 2.32. The lowest BCUT2D eigenvalue weighted by atomic mass is 10.2. The molecule has 0 N–H and O–H groups in total. The molecule has 0 aromatic heterocycles. The lowest BCUT2D eigenvalue weighted by Crippen LogP contribution is -2.05. The second kappa shape index (κ2) is 5.54. The summed E-state index contributed by atoms with van der Waals surface area (Å²) in [6, 6.07) is 8.60. The van der Waals surface area contributed by atoms with Crippen molar-refractivity contribution >= 4 is 23.2 Å². The van der Waals surface area contributed by atoms with E-state index in [1.807, 2.05) is 13.0 Å². The van der Waals surface area contributed by atoms with Gasteiger partial charge in [0.25, 0.3) is 0 Å². The SMILES string of the molecule is Cc1cccc(Oc2c(Cl)cc(C(F)(F)F)cc2Cl)c1. The predicted octanol–water partition coefficient (Wildman–Crippen LogP) is 6.11. The Kier molecular flexibility index (Phi) is 4.16. The normalized spacial score (nSPS) is 11.5. The maximum atomic E-state index is 12.6. The monoisotopic (exact) mass is 320 g/mol. The molecule has 2 aromatic carbocycles. The second-order valence-electron chi connectivity index (χ2n) is 4.19. The highest BCUT2D eigenvalue weighted by atomic mass is 35.5. The third-order valence-corrected chi connectivity index (χ3v) is 3.10. The van der Waals surface area contributed by atoms with E-state index in [4.69, 9.17) is 27.9 Å². The summed E-state index contributed by atoms with van der Waals surface area (Å²) in [5, 5.41) is -0.377. The summed E-state index contributed by atoms with van der Waals surface area (Å²) in [7, 11) is 0. The Morgan fingerprint density at radius 3 is 2.10 bits per heavy atom. The molecule has 1 nitrogen and oxygen atoms in total. The first-order valence-electron chi connectivity index (χ1n) is 5.58. The number of hydrogen-bond acceptors (Lipinski definition) is 1. The first kappa shape index (κ1) is 15.0. The van der Waals surface area contributed by atoms with Gasteiger partial charge in [-0.05, 0) is 36.8 Å². The van der Waals surface area contributed by atoms with Gasteiger partial charge in [-0.25, -0.2) is 0 Å². The molecule has 0 unspecified atom stereocenters. The molecule has 0 radical (unpaired) electrons. The quantitative estimate of drug-likeness (QED) is 0.648. The fraction of sp³-hybridized carbons (Fsp3) is 0.143. The van der Waals surface area contributed by atoms with E-state index in [-0.39, 0.29) is 15.8 Å². The maximum Gasteiger partial charge on any atom is 0.416 e. The van der Waals surface area contributed by atoms with Crippen LogP contribution in [0.4, 0.5) is 13.2 Å². The molecule has 0 aliphatic heterocycles. The molecule has 6 heteroatoms. The highest BCUT2D eigenvalue weighted by Gasteiger charge is 2.32. The van der Waals surface area contributed by atoms with Crippen LogP contribution < -0.4 is 4.74 Å². The van der Waals surface area contributed by atoms with Crippen LogP contribution >= 0.6 is 23.2 Å². The van der Waals surface area contributed by atoms with E-state index in [1.54, 1.807) is 18.2 Å². The summed E-state index contributed by atoms with van der Waals surface area (Å²) in [6.07, 6.45) is -4.50. The van der Waals surface area contributed by atoms with Crippen LogP contribution in [0.25, 0.3) is 0 Å². The maximum absolute atomic E-state index is 12.6. The van der Waals surface area contributed by atoms with Crippen molar-refractivity contribution in [1.29, 1.82) is 0 Å². The lowest BCUT2D eigenvalue weighted by Gasteiger charge is -2.13. The van der Waals surface area contributed by atoms with Crippen molar-refractivity contribution in [3.63, 3.8) is 0 Å². The van der Waals surface area contributed by atoms with Gasteiger partial charge in [-0.15, -0.1) is 0 Å². The molecule has 0 saturated carbocycles. The van der Waals surface area contributed by atoms with Crippen LogP contribution in [0.3, 0.4) is 0 Å². The van der Waals surface area contributed by atoms with Gasteiger partial charge in [-0.3, -0.25) is 0 Å². The Morgan fingerprint density at radius 2 is 1.60 bits per heavy atom. The lowest BCUT2D eigenvalue weighted by molar-refractivity contribution is -0.137. The molecule has 0 aliphatic rings.